The highest BCUT2D eigenvalue weighted by atomic mass is 32.2. The lowest BCUT2D eigenvalue weighted by molar-refractivity contribution is -0.113. The molecule has 0 bridgehead atoms. The Labute approximate surface area is 125 Å². The summed E-state index contributed by atoms with van der Waals surface area (Å²) in [7, 11) is 0. The first kappa shape index (κ1) is 12.5. The van der Waals surface area contributed by atoms with Crippen molar-refractivity contribution in [3.05, 3.63) is 59.8 Å². The van der Waals surface area contributed by atoms with E-state index in [0.717, 1.165) is 5.56 Å². The lowest BCUT2D eigenvalue weighted by Gasteiger charge is -2.16. The Morgan fingerprint density at radius 3 is 2.90 bits per heavy atom. The van der Waals surface area contributed by atoms with Crippen LogP contribution in [0, 0.1) is 0 Å². The predicted octanol–water partition coefficient (Wildman–Crippen LogP) is 3.34. The molecule has 21 heavy (non-hydrogen) atoms. The number of benzene rings is 2. The molecule has 1 amide bonds. The summed E-state index contributed by atoms with van der Waals surface area (Å²) in [4.78, 5) is 11.8. The molecule has 0 radical (unpaired) electrons. The molecular formula is C16H13N3OS. The molecule has 2 heterocycles. The lowest BCUT2D eigenvalue weighted by atomic mass is 9.99. The molecule has 1 atom stereocenters. The molecule has 1 aliphatic rings. The zero-order chi connectivity index (χ0) is 14.2. The van der Waals surface area contributed by atoms with Crippen LogP contribution in [-0.2, 0) is 4.79 Å². The van der Waals surface area contributed by atoms with Crippen molar-refractivity contribution in [3.63, 3.8) is 0 Å². The molecule has 1 unspecified atom stereocenters. The fraction of sp³-hybridized carbons (Fsp3) is 0.125. The van der Waals surface area contributed by atoms with Crippen molar-refractivity contribution in [1.82, 2.24) is 10.2 Å². The zero-order valence-electron chi connectivity index (χ0n) is 11.2. The lowest BCUT2D eigenvalue weighted by Crippen LogP contribution is -2.12. The van der Waals surface area contributed by atoms with E-state index in [-0.39, 0.29) is 11.2 Å². The highest BCUT2D eigenvalue weighted by molar-refractivity contribution is 8.00. The van der Waals surface area contributed by atoms with Gasteiger partial charge in [0.25, 0.3) is 0 Å². The Morgan fingerprint density at radius 1 is 1.10 bits per heavy atom. The minimum absolute atomic E-state index is 0.00763. The Bertz CT molecular complexity index is 822. The van der Waals surface area contributed by atoms with E-state index >= 15 is 0 Å². The first-order valence-electron chi connectivity index (χ1n) is 6.75. The monoisotopic (exact) mass is 295 g/mol. The van der Waals surface area contributed by atoms with Crippen molar-refractivity contribution in [3.8, 4) is 0 Å². The molecule has 0 saturated carbocycles. The van der Waals surface area contributed by atoms with Crippen molar-refractivity contribution < 1.29 is 4.79 Å². The van der Waals surface area contributed by atoms with Gasteiger partial charge in [-0.1, -0.05) is 42.5 Å². The van der Waals surface area contributed by atoms with Gasteiger partial charge in [0.1, 0.15) is 5.82 Å². The smallest absolute Gasteiger partial charge is 0.235 e. The summed E-state index contributed by atoms with van der Waals surface area (Å²) in [6.45, 7) is 0. The summed E-state index contributed by atoms with van der Waals surface area (Å²) in [5, 5.41) is 12.4. The van der Waals surface area contributed by atoms with Crippen molar-refractivity contribution in [1.29, 1.82) is 0 Å². The van der Waals surface area contributed by atoms with Crippen LogP contribution in [0.2, 0.25) is 0 Å². The van der Waals surface area contributed by atoms with E-state index in [0.29, 0.717) is 11.6 Å². The minimum atomic E-state index is 0.00763. The molecule has 5 heteroatoms. The third-order valence-corrected chi connectivity index (χ3v) is 4.97. The summed E-state index contributed by atoms with van der Waals surface area (Å²) in [6, 6.07) is 14.6. The Hall–Kier alpha value is -2.27. The fourth-order valence-corrected chi connectivity index (χ4v) is 3.89. The second kappa shape index (κ2) is 4.93. The molecular weight excluding hydrogens is 282 g/mol. The van der Waals surface area contributed by atoms with Crippen molar-refractivity contribution >= 4 is 34.3 Å². The second-order valence-electron chi connectivity index (χ2n) is 5.01. The van der Waals surface area contributed by atoms with Crippen molar-refractivity contribution in [2.24, 2.45) is 0 Å². The molecule has 1 aromatic heterocycles. The van der Waals surface area contributed by atoms with Crippen LogP contribution in [0.3, 0.4) is 0 Å². The van der Waals surface area contributed by atoms with Crippen LogP contribution in [0.15, 0.2) is 48.7 Å². The number of nitrogens with zero attached hydrogens (tertiary/aromatic N) is 1. The van der Waals surface area contributed by atoms with Crippen LogP contribution in [0.25, 0.3) is 10.8 Å². The molecule has 104 valence electrons. The maximum Gasteiger partial charge on any atom is 0.235 e. The quantitative estimate of drug-likeness (QED) is 0.724. The Balaban J connectivity index is 1.91. The number of amides is 1. The van der Waals surface area contributed by atoms with Crippen LogP contribution in [0.4, 0.5) is 5.82 Å². The van der Waals surface area contributed by atoms with Crippen LogP contribution >= 0.6 is 11.8 Å². The van der Waals surface area contributed by atoms with E-state index in [1.54, 1.807) is 18.0 Å². The summed E-state index contributed by atoms with van der Waals surface area (Å²) in [5.74, 6) is 1.16. The maximum absolute atomic E-state index is 11.8. The topological polar surface area (TPSA) is 57.8 Å². The average molecular weight is 295 g/mol. The number of carbonyl (C=O) groups is 1. The molecule has 0 aliphatic carbocycles. The maximum atomic E-state index is 11.8. The third-order valence-electron chi connectivity index (χ3n) is 3.70. The average Bonchev–Trinajstić information content (AvgIpc) is 2.89. The van der Waals surface area contributed by atoms with E-state index in [2.05, 4.69) is 45.8 Å². The number of aromatic amines is 1. The van der Waals surface area contributed by atoms with Gasteiger partial charge in [-0.2, -0.15) is 5.10 Å². The number of fused-ring (bicyclic) bond motifs is 2. The highest BCUT2D eigenvalue weighted by Crippen LogP contribution is 2.42. The van der Waals surface area contributed by atoms with Crippen LogP contribution in [0.5, 0.6) is 0 Å². The van der Waals surface area contributed by atoms with E-state index in [9.17, 15) is 4.79 Å². The van der Waals surface area contributed by atoms with Gasteiger partial charge < -0.3 is 5.32 Å². The number of anilines is 1. The van der Waals surface area contributed by atoms with Gasteiger partial charge in [-0.05, 0) is 16.3 Å². The number of H-pyrrole nitrogens is 1. The molecule has 2 aromatic carbocycles. The Morgan fingerprint density at radius 2 is 1.95 bits per heavy atom. The molecule has 3 aromatic rings. The number of aromatic nitrogens is 2. The highest BCUT2D eigenvalue weighted by Gasteiger charge is 2.26. The van der Waals surface area contributed by atoms with Gasteiger partial charge >= 0.3 is 0 Å². The molecule has 0 fully saturated rings. The number of hydrogen-bond donors (Lipinski definition) is 2. The Kier molecular flexibility index (Phi) is 2.93. The van der Waals surface area contributed by atoms with Gasteiger partial charge in [0.15, 0.2) is 0 Å². The molecule has 2 N–H and O–H groups in total. The fourth-order valence-electron chi connectivity index (χ4n) is 2.76. The summed E-state index contributed by atoms with van der Waals surface area (Å²) >= 11 is 1.64. The second-order valence-corrected chi connectivity index (χ2v) is 6.10. The van der Waals surface area contributed by atoms with Crippen molar-refractivity contribution in [2.45, 2.75) is 5.25 Å². The minimum Gasteiger partial charge on any atom is -0.310 e. The summed E-state index contributed by atoms with van der Waals surface area (Å²) in [5.41, 5.74) is 2.25. The number of carbonyl (C=O) groups excluding carboxylic acids is 1. The standard InChI is InChI=1S/C16H13N3OS/c20-14-9-21-15(13-8-17-19-16(13)18-14)12-7-3-5-10-4-1-2-6-11(10)12/h1-8,15H,9H2,(H2,17,18,19,20). The van der Waals surface area contributed by atoms with Gasteiger partial charge in [0, 0.05) is 5.56 Å². The van der Waals surface area contributed by atoms with E-state index in [1.165, 1.54) is 16.3 Å². The van der Waals surface area contributed by atoms with Gasteiger partial charge in [-0.15, -0.1) is 11.8 Å². The largest absolute Gasteiger partial charge is 0.310 e. The predicted molar refractivity (Wildman–Crippen MR) is 85.5 cm³/mol. The van der Waals surface area contributed by atoms with E-state index < -0.39 is 0 Å². The van der Waals surface area contributed by atoms with E-state index in [1.807, 2.05) is 12.1 Å². The van der Waals surface area contributed by atoms with Crippen LogP contribution < -0.4 is 5.32 Å². The van der Waals surface area contributed by atoms with Crippen LogP contribution in [0.1, 0.15) is 16.4 Å². The van der Waals surface area contributed by atoms with Crippen molar-refractivity contribution in [2.75, 3.05) is 11.1 Å². The van der Waals surface area contributed by atoms with E-state index in [4.69, 9.17) is 0 Å². The first-order chi connectivity index (χ1) is 10.3. The van der Waals surface area contributed by atoms with Gasteiger partial charge in [0.2, 0.25) is 5.91 Å². The zero-order valence-corrected chi connectivity index (χ0v) is 12.0. The SMILES string of the molecule is O=C1CSC(c2cccc3ccccc23)c2cn[nH]c2N1. The number of rotatable bonds is 1. The number of nitrogens with one attached hydrogen (secondary N) is 2. The first-order valence-corrected chi connectivity index (χ1v) is 7.80. The van der Waals surface area contributed by atoms with Gasteiger partial charge in [-0.3, -0.25) is 9.89 Å². The molecule has 1 aliphatic heterocycles. The number of thioether (sulfide) groups is 1. The molecule has 0 saturated heterocycles. The summed E-state index contributed by atoms with van der Waals surface area (Å²) < 4.78 is 0. The molecule has 0 spiro atoms. The third kappa shape index (κ3) is 2.10. The normalized spacial score (nSPS) is 18.1. The molecule has 4 rings (SSSR count). The molecule has 4 nitrogen and oxygen atoms in total. The number of hydrogen-bond acceptors (Lipinski definition) is 3. The summed E-state index contributed by atoms with van der Waals surface area (Å²) in [6.07, 6.45) is 1.81. The van der Waals surface area contributed by atoms with Gasteiger partial charge in [0.05, 0.1) is 17.2 Å². The van der Waals surface area contributed by atoms with Crippen LogP contribution in [-0.4, -0.2) is 21.9 Å². The van der Waals surface area contributed by atoms with Gasteiger partial charge in [-0.25, -0.2) is 0 Å².